The van der Waals surface area contributed by atoms with Crippen LogP contribution >= 0.6 is 0 Å². The van der Waals surface area contributed by atoms with Gasteiger partial charge in [0.05, 0.1) is 0 Å². The van der Waals surface area contributed by atoms with E-state index < -0.39 is 0 Å². The molecule has 1 rings (SSSR count). The van der Waals surface area contributed by atoms with E-state index in [1.807, 2.05) is 0 Å². The molecule has 0 heterocycles. The highest BCUT2D eigenvalue weighted by molar-refractivity contribution is 4.81. The smallest absolute Gasteiger partial charge is 0.0192 e. The minimum absolute atomic E-state index is 0.655. The second-order valence-electron chi connectivity index (χ2n) is 6.70. The largest absolute Gasteiger partial charge is 0.313 e. The molecule has 1 aliphatic carbocycles. The van der Waals surface area contributed by atoms with Crippen molar-refractivity contribution >= 4 is 0 Å². The molecule has 2 unspecified atom stereocenters. The summed E-state index contributed by atoms with van der Waals surface area (Å²) in [7, 11) is 2.33. The Morgan fingerprint density at radius 1 is 1.11 bits per heavy atom. The fourth-order valence-corrected chi connectivity index (χ4v) is 3.37. The van der Waals surface area contributed by atoms with Crippen LogP contribution in [0.4, 0.5) is 0 Å². The first-order valence-electron chi connectivity index (χ1n) is 8.53. The van der Waals surface area contributed by atoms with E-state index in [2.05, 4.69) is 45.0 Å². The SMILES string of the molecule is CCCC(C)NCC(C)N(C)C1CCC(CC)CC1. The summed E-state index contributed by atoms with van der Waals surface area (Å²) in [6.45, 7) is 10.4. The van der Waals surface area contributed by atoms with Gasteiger partial charge in [0.1, 0.15) is 0 Å². The van der Waals surface area contributed by atoms with Crippen LogP contribution in [0.25, 0.3) is 0 Å². The van der Waals surface area contributed by atoms with Gasteiger partial charge in [-0.2, -0.15) is 0 Å². The molecule has 1 aliphatic rings. The minimum Gasteiger partial charge on any atom is -0.313 e. The van der Waals surface area contributed by atoms with Crippen molar-refractivity contribution in [2.24, 2.45) is 5.92 Å². The molecule has 0 aromatic heterocycles. The van der Waals surface area contributed by atoms with Crippen molar-refractivity contribution in [1.82, 2.24) is 10.2 Å². The van der Waals surface area contributed by atoms with Gasteiger partial charge in [0.15, 0.2) is 0 Å². The van der Waals surface area contributed by atoms with Gasteiger partial charge < -0.3 is 5.32 Å². The number of rotatable bonds is 8. The quantitative estimate of drug-likeness (QED) is 0.714. The number of nitrogens with one attached hydrogen (secondary N) is 1. The summed E-state index contributed by atoms with van der Waals surface area (Å²) in [6, 6.07) is 2.14. The van der Waals surface area contributed by atoms with E-state index in [1.54, 1.807) is 0 Å². The summed E-state index contributed by atoms with van der Waals surface area (Å²) in [5.41, 5.74) is 0. The highest BCUT2D eigenvalue weighted by Gasteiger charge is 2.25. The minimum atomic E-state index is 0.655. The number of nitrogens with zero attached hydrogens (tertiary/aromatic N) is 1. The molecule has 1 fully saturated rings. The highest BCUT2D eigenvalue weighted by Crippen LogP contribution is 2.29. The van der Waals surface area contributed by atoms with E-state index in [1.165, 1.54) is 44.9 Å². The van der Waals surface area contributed by atoms with Gasteiger partial charge in [-0.3, -0.25) is 4.90 Å². The average molecular weight is 268 g/mol. The lowest BCUT2D eigenvalue weighted by molar-refractivity contribution is 0.124. The van der Waals surface area contributed by atoms with Crippen LogP contribution in [0.5, 0.6) is 0 Å². The number of hydrogen-bond acceptors (Lipinski definition) is 2. The summed E-state index contributed by atoms with van der Waals surface area (Å²) in [4.78, 5) is 2.62. The Kier molecular flexibility index (Phi) is 8.01. The van der Waals surface area contributed by atoms with Crippen LogP contribution < -0.4 is 5.32 Å². The van der Waals surface area contributed by atoms with Crippen molar-refractivity contribution in [2.45, 2.75) is 90.8 Å². The van der Waals surface area contributed by atoms with Gasteiger partial charge in [0.2, 0.25) is 0 Å². The molecule has 0 saturated heterocycles. The van der Waals surface area contributed by atoms with E-state index in [9.17, 15) is 0 Å². The summed E-state index contributed by atoms with van der Waals surface area (Å²) in [5, 5.41) is 3.68. The summed E-state index contributed by atoms with van der Waals surface area (Å²) in [6.07, 6.45) is 9.64. The molecular formula is C17H36N2. The van der Waals surface area contributed by atoms with Crippen molar-refractivity contribution in [2.75, 3.05) is 13.6 Å². The van der Waals surface area contributed by atoms with E-state index in [4.69, 9.17) is 0 Å². The molecule has 0 amide bonds. The Bertz CT molecular complexity index is 221. The van der Waals surface area contributed by atoms with Gasteiger partial charge in [-0.1, -0.05) is 26.7 Å². The lowest BCUT2D eigenvalue weighted by Crippen LogP contribution is -2.46. The monoisotopic (exact) mass is 268 g/mol. The topological polar surface area (TPSA) is 15.3 Å². The molecule has 1 N–H and O–H groups in total. The molecule has 2 atom stereocenters. The maximum atomic E-state index is 3.68. The molecule has 0 aromatic carbocycles. The molecule has 114 valence electrons. The van der Waals surface area contributed by atoms with E-state index in [0.717, 1.165) is 18.5 Å². The normalized spacial score (nSPS) is 27.5. The Morgan fingerprint density at radius 3 is 2.26 bits per heavy atom. The third kappa shape index (κ3) is 5.83. The van der Waals surface area contributed by atoms with E-state index in [-0.39, 0.29) is 0 Å². The van der Waals surface area contributed by atoms with E-state index >= 15 is 0 Å². The first kappa shape index (κ1) is 17.0. The number of likely N-dealkylation sites (N-methyl/N-ethyl adjacent to an activating group) is 1. The summed E-state index contributed by atoms with van der Waals surface area (Å²) >= 11 is 0. The predicted molar refractivity (Wildman–Crippen MR) is 85.6 cm³/mol. The van der Waals surface area contributed by atoms with Gasteiger partial charge in [0.25, 0.3) is 0 Å². The lowest BCUT2D eigenvalue weighted by Gasteiger charge is -2.38. The van der Waals surface area contributed by atoms with Crippen molar-refractivity contribution in [3.63, 3.8) is 0 Å². The summed E-state index contributed by atoms with van der Waals surface area (Å²) < 4.78 is 0. The summed E-state index contributed by atoms with van der Waals surface area (Å²) in [5.74, 6) is 1.00. The highest BCUT2D eigenvalue weighted by atomic mass is 15.2. The van der Waals surface area contributed by atoms with Gasteiger partial charge in [-0.15, -0.1) is 0 Å². The lowest BCUT2D eigenvalue weighted by atomic mass is 9.84. The first-order chi connectivity index (χ1) is 9.08. The Morgan fingerprint density at radius 2 is 1.74 bits per heavy atom. The van der Waals surface area contributed by atoms with Crippen LogP contribution in [0.2, 0.25) is 0 Å². The Labute approximate surface area is 121 Å². The maximum Gasteiger partial charge on any atom is 0.0192 e. The molecule has 0 bridgehead atoms. The van der Waals surface area contributed by atoms with Crippen LogP contribution in [0.1, 0.15) is 72.6 Å². The molecule has 0 spiro atoms. The maximum absolute atomic E-state index is 3.68. The van der Waals surface area contributed by atoms with Crippen molar-refractivity contribution in [3.8, 4) is 0 Å². The van der Waals surface area contributed by atoms with E-state index in [0.29, 0.717) is 12.1 Å². The standard InChI is InChI=1S/C17H36N2/c1-6-8-14(3)18-13-15(4)19(5)17-11-9-16(7-2)10-12-17/h14-18H,6-13H2,1-5H3. The van der Waals surface area contributed by atoms with Crippen molar-refractivity contribution in [3.05, 3.63) is 0 Å². The Balaban J connectivity index is 2.26. The fraction of sp³-hybridized carbons (Fsp3) is 1.00. The molecule has 0 radical (unpaired) electrons. The second kappa shape index (κ2) is 8.97. The van der Waals surface area contributed by atoms with Crippen molar-refractivity contribution < 1.29 is 0 Å². The van der Waals surface area contributed by atoms with Gasteiger partial charge in [0, 0.05) is 24.7 Å². The zero-order chi connectivity index (χ0) is 14.3. The molecule has 1 saturated carbocycles. The van der Waals surface area contributed by atoms with Crippen LogP contribution in [0.3, 0.4) is 0 Å². The van der Waals surface area contributed by atoms with Crippen LogP contribution in [-0.4, -0.2) is 36.6 Å². The fourth-order valence-electron chi connectivity index (χ4n) is 3.37. The Hall–Kier alpha value is -0.0800. The zero-order valence-corrected chi connectivity index (χ0v) is 13.9. The number of hydrogen-bond donors (Lipinski definition) is 1. The molecule has 2 heteroatoms. The average Bonchev–Trinajstić information content (AvgIpc) is 2.44. The molecule has 19 heavy (non-hydrogen) atoms. The molecule has 0 aromatic rings. The molecule has 0 aliphatic heterocycles. The zero-order valence-electron chi connectivity index (χ0n) is 13.9. The predicted octanol–water partition coefficient (Wildman–Crippen LogP) is 4.05. The molecular weight excluding hydrogens is 232 g/mol. The third-order valence-corrected chi connectivity index (χ3v) is 5.15. The van der Waals surface area contributed by atoms with Crippen molar-refractivity contribution in [1.29, 1.82) is 0 Å². The first-order valence-corrected chi connectivity index (χ1v) is 8.53. The second-order valence-corrected chi connectivity index (χ2v) is 6.70. The van der Waals surface area contributed by atoms with Crippen LogP contribution in [-0.2, 0) is 0 Å². The third-order valence-electron chi connectivity index (χ3n) is 5.15. The van der Waals surface area contributed by atoms with Gasteiger partial charge in [-0.05, 0) is 58.9 Å². The van der Waals surface area contributed by atoms with Gasteiger partial charge in [-0.25, -0.2) is 0 Å². The molecule has 2 nitrogen and oxygen atoms in total. The van der Waals surface area contributed by atoms with Crippen LogP contribution in [0, 0.1) is 5.92 Å². The van der Waals surface area contributed by atoms with Gasteiger partial charge >= 0.3 is 0 Å². The van der Waals surface area contributed by atoms with Crippen LogP contribution in [0.15, 0.2) is 0 Å².